The van der Waals surface area contributed by atoms with Crippen LogP contribution < -0.4 is 15.4 Å². The van der Waals surface area contributed by atoms with Crippen molar-refractivity contribution in [2.45, 2.75) is 33.2 Å². The van der Waals surface area contributed by atoms with Crippen LogP contribution in [0.3, 0.4) is 0 Å². The molecule has 2 rings (SSSR count). The number of guanidine groups is 1. The van der Waals surface area contributed by atoms with Gasteiger partial charge in [0.05, 0.1) is 6.54 Å². The van der Waals surface area contributed by atoms with Crippen molar-refractivity contribution in [2.75, 3.05) is 19.7 Å². The molecule has 1 saturated carbocycles. The summed E-state index contributed by atoms with van der Waals surface area (Å²) in [7, 11) is 0. The summed E-state index contributed by atoms with van der Waals surface area (Å²) >= 11 is 0. The van der Waals surface area contributed by atoms with E-state index in [0.717, 1.165) is 24.2 Å². The fraction of sp³-hybridized carbons (Fsp3) is 0.562. The molecule has 0 bridgehead atoms. The van der Waals surface area contributed by atoms with Crippen LogP contribution in [-0.4, -0.2) is 31.7 Å². The second-order valence-electron chi connectivity index (χ2n) is 5.39. The molecule has 2 N–H and O–H groups in total. The summed E-state index contributed by atoms with van der Waals surface area (Å²) < 4.78 is 5.67. The minimum absolute atomic E-state index is 0. The van der Waals surface area contributed by atoms with Crippen LogP contribution in [0.1, 0.15) is 25.8 Å². The fourth-order valence-corrected chi connectivity index (χ4v) is 1.97. The van der Waals surface area contributed by atoms with Gasteiger partial charge in [0.15, 0.2) is 5.96 Å². The van der Waals surface area contributed by atoms with Gasteiger partial charge >= 0.3 is 0 Å². The van der Waals surface area contributed by atoms with Crippen LogP contribution in [0.4, 0.5) is 0 Å². The van der Waals surface area contributed by atoms with Crippen molar-refractivity contribution in [2.24, 2.45) is 10.9 Å². The molecule has 1 aromatic rings. The summed E-state index contributed by atoms with van der Waals surface area (Å²) in [6.07, 6.45) is 1.24. The minimum Gasteiger partial charge on any atom is -0.492 e. The highest BCUT2D eigenvalue weighted by molar-refractivity contribution is 14.0. The first-order valence-corrected chi connectivity index (χ1v) is 7.43. The zero-order chi connectivity index (χ0) is 14.4. The second-order valence-corrected chi connectivity index (χ2v) is 5.39. The molecule has 0 saturated heterocycles. The van der Waals surface area contributed by atoms with Crippen molar-refractivity contribution in [1.29, 1.82) is 0 Å². The van der Waals surface area contributed by atoms with Crippen molar-refractivity contribution in [3.63, 3.8) is 0 Å². The summed E-state index contributed by atoms with van der Waals surface area (Å²) in [5, 5.41) is 6.70. The molecule has 0 aliphatic heterocycles. The van der Waals surface area contributed by atoms with Crippen LogP contribution in [0.25, 0.3) is 0 Å². The first-order chi connectivity index (χ1) is 9.69. The molecule has 5 heteroatoms. The zero-order valence-corrected chi connectivity index (χ0v) is 15.4. The lowest BCUT2D eigenvalue weighted by Crippen LogP contribution is -2.39. The van der Waals surface area contributed by atoms with Crippen molar-refractivity contribution < 1.29 is 4.74 Å². The molecule has 1 aliphatic rings. The predicted octanol–water partition coefficient (Wildman–Crippen LogP) is 2.96. The Kier molecular flexibility index (Phi) is 7.85. The van der Waals surface area contributed by atoms with Gasteiger partial charge in [-0.1, -0.05) is 24.6 Å². The highest BCUT2D eigenvalue weighted by Crippen LogP contribution is 2.28. The van der Waals surface area contributed by atoms with Crippen molar-refractivity contribution in [3.05, 3.63) is 29.8 Å². The summed E-state index contributed by atoms with van der Waals surface area (Å²) in [4.78, 5) is 4.53. The van der Waals surface area contributed by atoms with Crippen LogP contribution in [-0.2, 0) is 0 Å². The number of hydrogen-bond donors (Lipinski definition) is 2. The topological polar surface area (TPSA) is 45.7 Å². The number of nitrogens with one attached hydrogen (secondary N) is 2. The zero-order valence-electron chi connectivity index (χ0n) is 13.1. The van der Waals surface area contributed by atoms with E-state index >= 15 is 0 Å². The minimum atomic E-state index is 0. The molecular weight excluding hydrogens is 377 g/mol. The maximum atomic E-state index is 5.67. The van der Waals surface area contributed by atoms with Crippen LogP contribution in [0.5, 0.6) is 5.75 Å². The summed E-state index contributed by atoms with van der Waals surface area (Å²) in [6.45, 7) is 8.54. The van der Waals surface area contributed by atoms with Gasteiger partial charge in [0, 0.05) is 12.6 Å². The van der Waals surface area contributed by atoms with Crippen LogP contribution in [0, 0.1) is 12.8 Å². The lowest BCUT2D eigenvalue weighted by atomic mass is 10.2. The number of aryl methyl sites for hydroxylation is 1. The van der Waals surface area contributed by atoms with Crippen LogP contribution >= 0.6 is 24.0 Å². The highest BCUT2D eigenvalue weighted by Gasteiger charge is 2.33. The molecule has 0 heterocycles. The number of hydrogen-bond acceptors (Lipinski definition) is 2. The van der Waals surface area contributed by atoms with E-state index in [2.05, 4.69) is 48.5 Å². The summed E-state index contributed by atoms with van der Waals surface area (Å²) in [6, 6.07) is 8.69. The third-order valence-electron chi connectivity index (χ3n) is 3.43. The SMILES string of the molecule is CCNC(=NCCOc1ccc(C)cc1)NC1CC1C.I. The van der Waals surface area contributed by atoms with E-state index in [-0.39, 0.29) is 24.0 Å². The summed E-state index contributed by atoms with van der Waals surface area (Å²) in [5.41, 5.74) is 1.24. The van der Waals surface area contributed by atoms with Crippen molar-refractivity contribution >= 4 is 29.9 Å². The van der Waals surface area contributed by atoms with Crippen molar-refractivity contribution in [3.8, 4) is 5.75 Å². The molecule has 0 amide bonds. The molecule has 1 aliphatic carbocycles. The van der Waals surface area contributed by atoms with E-state index in [0.29, 0.717) is 19.2 Å². The second kappa shape index (κ2) is 9.12. The van der Waals surface area contributed by atoms with E-state index in [4.69, 9.17) is 4.74 Å². The third kappa shape index (κ3) is 6.54. The Morgan fingerprint density at radius 2 is 2.00 bits per heavy atom. The quantitative estimate of drug-likeness (QED) is 0.332. The average molecular weight is 403 g/mol. The van der Waals surface area contributed by atoms with Gasteiger partial charge in [-0.2, -0.15) is 0 Å². The van der Waals surface area contributed by atoms with Crippen LogP contribution in [0.15, 0.2) is 29.3 Å². The predicted molar refractivity (Wildman–Crippen MR) is 98.8 cm³/mol. The molecule has 2 atom stereocenters. The Morgan fingerprint density at radius 1 is 1.33 bits per heavy atom. The molecule has 0 radical (unpaired) electrons. The first-order valence-electron chi connectivity index (χ1n) is 7.43. The maximum absolute atomic E-state index is 5.67. The number of halogens is 1. The molecule has 21 heavy (non-hydrogen) atoms. The Labute approximate surface area is 144 Å². The number of ether oxygens (including phenoxy) is 1. The molecule has 2 unspecified atom stereocenters. The van der Waals surface area contributed by atoms with Crippen molar-refractivity contribution in [1.82, 2.24) is 10.6 Å². The summed E-state index contributed by atoms with van der Waals surface area (Å²) in [5.74, 6) is 2.57. The molecule has 4 nitrogen and oxygen atoms in total. The average Bonchev–Trinajstić information content (AvgIpc) is 3.12. The van der Waals surface area contributed by atoms with E-state index in [1.807, 2.05) is 12.1 Å². The molecule has 1 fully saturated rings. The van der Waals surface area contributed by atoms with E-state index in [9.17, 15) is 0 Å². The van der Waals surface area contributed by atoms with Gasteiger partial charge in [-0.05, 0) is 38.3 Å². The molecule has 118 valence electrons. The molecular formula is C16H26IN3O. The van der Waals surface area contributed by atoms with Crippen LogP contribution in [0.2, 0.25) is 0 Å². The Morgan fingerprint density at radius 3 is 2.57 bits per heavy atom. The van der Waals surface area contributed by atoms with Gasteiger partial charge in [-0.3, -0.25) is 0 Å². The third-order valence-corrected chi connectivity index (χ3v) is 3.43. The molecule has 0 aromatic heterocycles. The number of benzene rings is 1. The van der Waals surface area contributed by atoms with Gasteiger partial charge < -0.3 is 15.4 Å². The lowest BCUT2D eigenvalue weighted by Gasteiger charge is -2.11. The van der Waals surface area contributed by atoms with Gasteiger partial charge in [0.25, 0.3) is 0 Å². The Bertz CT molecular complexity index is 447. The Hall–Kier alpha value is -0.980. The van der Waals surface area contributed by atoms with E-state index in [1.165, 1.54) is 12.0 Å². The molecule has 0 spiro atoms. The number of rotatable bonds is 6. The maximum Gasteiger partial charge on any atom is 0.191 e. The Balaban J connectivity index is 0.00000220. The monoisotopic (exact) mass is 403 g/mol. The smallest absolute Gasteiger partial charge is 0.191 e. The number of aliphatic imine (C=N–C) groups is 1. The normalized spacial score (nSPS) is 20.4. The van der Waals surface area contributed by atoms with Gasteiger partial charge in [0.2, 0.25) is 0 Å². The number of nitrogens with zero attached hydrogens (tertiary/aromatic N) is 1. The molecule has 1 aromatic carbocycles. The van der Waals surface area contributed by atoms with Gasteiger partial charge in [-0.15, -0.1) is 24.0 Å². The van der Waals surface area contributed by atoms with E-state index in [1.54, 1.807) is 0 Å². The lowest BCUT2D eigenvalue weighted by molar-refractivity contribution is 0.328. The standard InChI is InChI=1S/C16H25N3O.HI/c1-4-17-16(19-15-11-13(15)3)18-9-10-20-14-7-5-12(2)6-8-14;/h5-8,13,15H,4,9-11H2,1-3H3,(H2,17,18,19);1H. The van der Waals surface area contributed by atoms with E-state index < -0.39 is 0 Å². The highest BCUT2D eigenvalue weighted by atomic mass is 127. The largest absolute Gasteiger partial charge is 0.492 e. The fourth-order valence-electron chi connectivity index (χ4n) is 1.97. The van der Waals surface area contributed by atoms with Gasteiger partial charge in [0.1, 0.15) is 12.4 Å². The van der Waals surface area contributed by atoms with Gasteiger partial charge in [-0.25, -0.2) is 4.99 Å². The first kappa shape index (κ1) is 18.1.